The van der Waals surface area contributed by atoms with Crippen LogP contribution in [0.1, 0.15) is 58.8 Å². The Morgan fingerprint density at radius 2 is 1.80 bits per heavy atom. The van der Waals surface area contributed by atoms with Gasteiger partial charge in [-0.15, -0.1) is 0 Å². The van der Waals surface area contributed by atoms with E-state index in [1.165, 1.54) is 38.5 Å². The molecule has 1 fully saturated rings. The maximum Gasteiger partial charge on any atom is 0.0799 e. The lowest BCUT2D eigenvalue weighted by molar-refractivity contribution is -0.0335. The second-order valence-electron chi connectivity index (χ2n) is 4.90. The maximum atomic E-state index is 9.79. The van der Waals surface area contributed by atoms with Crippen LogP contribution in [0.25, 0.3) is 0 Å². The van der Waals surface area contributed by atoms with E-state index >= 15 is 0 Å². The van der Waals surface area contributed by atoms with Crippen LogP contribution in [0.4, 0.5) is 0 Å². The molecule has 1 aliphatic rings. The molecule has 0 aromatic rings. The Labute approximate surface area is 94.0 Å². The molecule has 2 atom stereocenters. The first-order valence-electron chi connectivity index (χ1n) is 6.53. The highest BCUT2D eigenvalue weighted by Gasteiger charge is 2.17. The molecule has 0 heterocycles. The number of aliphatic hydroxyl groups is 1. The first-order chi connectivity index (χ1) is 7.24. The number of hydrogen-bond donors (Lipinski definition) is 1. The molecule has 0 spiro atoms. The predicted octanol–water partition coefficient (Wildman–Crippen LogP) is 3.13. The van der Waals surface area contributed by atoms with Gasteiger partial charge in [-0.05, 0) is 18.8 Å². The van der Waals surface area contributed by atoms with Gasteiger partial charge >= 0.3 is 0 Å². The van der Waals surface area contributed by atoms with Crippen molar-refractivity contribution in [1.82, 2.24) is 0 Å². The second-order valence-corrected chi connectivity index (χ2v) is 4.90. The lowest BCUT2D eigenvalue weighted by Crippen LogP contribution is -2.26. The van der Waals surface area contributed by atoms with Gasteiger partial charge in [0, 0.05) is 0 Å². The molecule has 0 bridgehead atoms. The van der Waals surface area contributed by atoms with Crippen LogP contribution in [-0.2, 0) is 4.74 Å². The highest BCUT2D eigenvalue weighted by molar-refractivity contribution is 4.67. The molecule has 1 saturated carbocycles. The van der Waals surface area contributed by atoms with Gasteiger partial charge in [0.15, 0.2) is 0 Å². The van der Waals surface area contributed by atoms with Crippen LogP contribution in [0.5, 0.6) is 0 Å². The third-order valence-electron chi connectivity index (χ3n) is 3.61. The first kappa shape index (κ1) is 13.0. The molecule has 0 saturated heterocycles. The van der Waals surface area contributed by atoms with E-state index < -0.39 is 0 Å². The Kier molecular flexibility index (Phi) is 6.26. The van der Waals surface area contributed by atoms with Gasteiger partial charge in [-0.3, -0.25) is 0 Å². The summed E-state index contributed by atoms with van der Waals surface area (Å²) in [4.78, 5) is 0. The Bertz CT molecular complexity index is 151. The van der Waals surface area contributed by atoms with E-state index in [0.717, 1.165) is 6.42 Å². The molecule has 2 nitrogen and oxygen atoms in total. The lowest BCUT2D eigenvalue weighted by Gasteiger charge is -2.21. The second kappa shape index (κ2) is 7.24. The van der Waals surface area contributed by atoms with Crippen molar-refractivity contribution in [2.24, 2.45) is 5.92 Å². The topological polar surface area (TPSA) is 29.5 Å². The van der Waals surface area contributed by atoms with Crippen molar-refractivity contribution in [2.45, 2.75) is 71.0 Å². The van der Waals surface area contributed by atoms with E-state index in [4.69, 9.17) is 4.74 Å². The fourth-order valence-electron chi connectivity index (χ4n) is 2.08. The van der Waals surface area contributed by atoms with Gasteiger partial charge in [0.1, 0.15) is 0 Å². The van der Waals surface area contributed by atoms with Crippen molar-refractivity contribution >= 4 is 0 Å². The molecular formula is C13H26O2. The van der Waals surface area contributed by atoms with Crippen molar-refractivity contribution in [3.05, 3.63) is 0 Å². The Balaban J connectivity index is 2.17. The third-order valence-corrected chi connectivity index (χ3v) is 3.61. The summed E-state index contributed by atoms with van der Waals surface area (Å²) in [5.41, 5.74) is 0. The predicted molar refractivity (Wildman–Crippen MR) is 62.9 cm³/mol. The summed E-state index contributed by atoms with van der Waals surface area (Å²) in [5, 5.41) is 9.79. The first-order valence-corrected chi connectivity index (χ1v) is 6.53. The normalized spacial score (nSPS) is 23.4. The minimum absolute atomic E-state index is 0.279. The molecule has 15 heavy (non-hydrogen) atoms. The van der Waals surface area contributed by atoms with Gasteiger partial charge in [0.2, 0.25) is 0 Å². The summed E-state index contributed by atoms with van der Waals surface area (Å²) < 4.78 is 5.80. The fourth-order valence-corrected chi connectivity index (χ4v) is 2.08. The van der Waals surface area contributed by atoms with Crippen LogP contribution in [0.3, 0.4) is 0 Å². The molecule has 2 heteroatoms. The molecule has 2 unspecified atom stereocenters. The molecule has 0 aromatic carbocycles. The highest BCUT2D eigenvalue weighted by Crippen LogP contribution is 2.20. The number of rotatable bonds is 5. The van der Waals surface area contributed by atoms with Crippen LogP contribution >= 0.6 is 0 Å². The van der Waals surface area contributed by atoms with Crippen molar-refractivity contribution in [3.63, 3.8) is 0 Å². The highest BCUT2D eigenvalue weighted by atomic mass is 16.5. The zero-order valence-electron chi connectivity index (χ0n) is 10.2. The maximum absolute atomic E-state index is 9.79. The van der Waals surface area contributed by atoms with Gasteiger partial charge in [-0.2, -0.15) is 0 Å². The minimum atomic E-state index is -0.279. The largest absolute Gasteiger partial charge is 0.390 e. The minimum Gasteiger partial charge on any atom is -0.390 e. The Morgan fingerprint density at radius 1 is 1.20 bits per heavy atom. The van der Waals surface area contributed by atoms with Gasteiger partial charge in [-0.1, -0.05) is 46.0 Å². The standard InChI is InChI=1S/C13H26O2/c1-3-11(2)13(14)10-15-12-8-6-4-5-7-9-12/h11-14H,3-10H2,1-2H3. The summed E-state index contributed by atoms with van der Waals surface area (Å²) in [7, 11) is 0. The van der Waals surface area contributed by atoms with Gasteiger partial charge < -0.3 is 9.84 Å². The van der Waals surface area contributed by atoms with Crippen LogP contribution < -0.4 is 0 Å². The van der Waals surface area contributed by atoms with E-state index in [1.54, 1.807) is 0 Å². The average Bonchev–Trinajstić information content (AvgIpc) is 2.53. The van der Waals surface area contributed by atoms with Crippen LogP contribution in [-0.4, -0.2) is 23.9 Å². The van der Waals surface area contributed by atoms with E-state index in [2.05, 4.69) is 13.8 Å². The molecular weight excluding hydrogens is 188 g/mol. The molecule has 90 valence electrons. The smallest absolute Gasteiger partial charge is 0.0799 e. The molecule has 1 aliphatic carbocycles. The van der Waals surface area contributed by atoms with Crippen molar-refractivity contribution in [3.8, 4) is 0 Å². The number of ether oxygens (including phenoxy) is 1. The van der Waals surface area contributed by atoms with E-state index in [-0.39, 0.29) is 6.10 Å². The quantitative estimate of drug-likeness (QED) is 0.712. The van der Waals surface area contributed by atoms with Gasteiger partial charge in [0.05, 0.1) is 18.8 Å². The van der Waals surface area contributed by atoms with Crippen molar-refractivity contribution in [2.75, 3.05) is 6.61 Å². The van der Waals surface area contributed by atoms with Crippen LogP contribution in [0, 0.1) is 5.92 Å². The average molecular weight is 214 g/mol. The Hall–Kier alpha value is -0.0800. The zero-order chi connectivity index (χ0) is 11.1. The van der Waals surface area contributed by atoms with Gasteiger partial charge in [0.25, 0.3) is 0 Å². The van der Waals surface area contributed by atoms with Crippen molar-refractivity contribution < 1.29 is 9.84 Å². The molecule has 0 aromatic heterocycles. The monoisotopic (exact) mass is 214 g/mol. The molecule has 0 amide bonds. The lowest BCUT2D eigenvalue weighted by atomic mass is 10.0. The third kappa shape index (κ3) is 4.98. The van der Waals surface area contributed by atoms with E-state index in [9.17, 15) is 5.11 Å². The fraction of sp³-hybridized carbons (Fsp3) is 1.00. The van der Waals surface area contributed by atoms with Crippen molar-refractivity contribution in [1.29, 1.82) is 0 Å². The molecule has 1 rings (SSSR count). The summed E-state index contributed by atoms with van der Waals surface area (Å²) >= 11 is 0. The number of hydrogen-bond acceptors (Lipinski definition) is 2. The molecule has 0 aliphatic heterocycles. The Morgan fingerprint density at radius 3 is 2.33 bits per heavy atom. The summed E-state index contributed by atoms with van der Waals surface area (Å²) in [6, 6.07) is 0. The zero-order valence-corrected chi connectivity index (χ0v) is 10.2. The van der Waals surface area contributed by atoms with Crippen LogP contribution in [0.15, 0.2) is 0 Å². The summed E-state index contributed by atoms with van der Waals surface area (Å²) in [6.45, 7) is 4.72. The molecule has 1 N–H and O–H groups in total. The molecule has 0 radical (unpaired) electrons. The summed E-state index contributed by atoms with van der Waals surface area (Å²) in [6.07, 6.45) is 8.83. The van der Waals surface area contributed by atoms with E-state index in [0.29, 0.717) is 18.6 Å². The SMILES string of the molecule is CCC(C)C(O)COC1CCCCCC1. The number of aliphatic hydroxyl groups excluding tert-OH is 1. The van der Waals surface area contributed by atoms with Crippen LogP contribution in [0.2, 0.25) is 0 Å². The van der Waals surface area contributed by atoms with Gasteiger partial charge in [-0.25, -0.2) is 0 Å². The summed E-state index contributed by atoms with van der Waals surface area (Å²) in [5.74, 6) is 0.357. The van der Waals surface area contributed by atoms with E-state index in [1.807, 2.05) is 0 Å².